The van der Waals surface area contributed by atoms with Gasteiger partial charge in [0.25, 0.3) is 0 Å². The Morgan fingerprint density at radius 2 is 2.36 bits per heavy atom. The van der Waals surface area contributed by atoms with Gasteiger partial charge in [-0.05, 0) is 23.8 Å². The Morgan fingerprint density at radius 3 is 2.73 bits per heavy atom. The molecule has 1 aromatic heterocycles. The van der Waals surface area contributed by atoms with Crippen molar-refractivity contribution in [3.05, 3.63) is 0 Å². The van der Waals surface area contributed by atoms with Gasteiger partial charge in [0.2, 0.25) is 5.16 Å². The van der Waals surface area contributed by atoms with Crippen LogP contribution in [0.3, 0.4) is 0 Å². The van der Waals surface area contributed by atoms with Gasteiger partial charge in [-0.3, -0.25) is 0 Å². The predicted octanol–water partition coefficient (Wildman–Crippen LogP) is 0.00320. The summed E-state index contributed by atoms with van der Waals surface area (Å²) in [5, 5.41) is 11.2. The van der Waals surface area contributed by atoms with Crippen LogP contribution in [0, 0.1) is 0 Å². The van der Waals surface area contributed by atoms with Crippen molar-refractivity contribution in [2.24, 2.45) is 5.73 Å². The van der Waals surface area contributed by atoms with Gasteiger partial charge in [0, 0.05) is 0 Å². The van der Waals surface area contributed by atoms with Crippen LogP contribution in [-0.4, -0.2) is 20.2 Å². The molecule has 1 heterocycles. The topological polar surface area (TPSA) is 69.6 Å². The summed E-state index contributed by atoms with van der Waals surface area (Å²) in [6.07, 6.45) is 0.756. The van der Waals surface area contributed by atoms with Crippen LogP contribution in [0.1, 0.15) is 20.3 Å². The maximum Gasteiger partial charge on any atom is 0.208 e. The molecule has 2 N–H and O–H groups in total. The van der Waals surface area contributed by atoms with E-state index in [0.29, 0.717) is 5.16 Å². The summed E-state index contributed by atoms with van der Waals surface area (Å²) >= 11 is 4.04. The molecule has 0 saturated heterocycles. The van der Waals surface area contributed by atoms with Crippen molar-refractivity contribution in [1.82, 2.24) is 20.2 Å². The second kappa shape index (κ2) is 2.78. The third-order valence-corrected chi connectivity index (χ3v) is 1.93. The molecule has 0 radical (unpaired) electrons. The van der Waals surface area contributed by atoms with Crippen molar-refractivity contribution in [2.75, 3.05) is 0 Å². The average Bonchev–Trinajstić information content (AvgIpc) is 2.36. The van der Waals surface area contributed by atoms with Crippen LogP contribution in [0.4, 0.5) is 0 Å². The van der Waals surface area contributed by atoms with E-state index in [1.54, 1.807) is 0 Å². The molecule has 5 nitrogen and oxygen atoms in total. The summed E-state index contributed by atoms with van der Waals surface area (Å²) in [4.78, 5) is 0. The largest absolute Gasteiger partial charge is 0.307 e. The predicted molar refractivity (Wildman–Crippen MR) is 43.2 cm³/mol. The number of nitrogens with zero attached hydrogens (tertiary/aromatic N) is 4. The lowest BCUT2D eigenvalue weighted by Crippen LogP contribution is -2.40. The van der Waals surface area contributed by atoms with E-state index in [1.165, 1.54) is 4.68 Å². The van der Waals surface area contributed by atoms with Crippen LogP contribution in [-0.2, 0) is 5.66 Å². The van der Waals surface area contributed by atoms with Crippen molar-refractivity contribution >= 4 is 12.6 Å². The number of aromatic nitrogens is 4. The summed E-state index contributed by atoms with van der Waals surface area (Å²) in [5.74, 6) is 0. The Kier molecular flexibility index (Phi) is 2.15. The third-order valence-electron chi connectivity index (χ3n) is 1.65. The standard InChI is InChI=1S/C5H11N5S/c1-3-5(2,6)10-4(11)7-8-9-10/h3,6H2,1-2H3,(H,7,9,11). The van der Waals surface area contributed by atoms with E-state index in [9.17, 15) is 0 Å². The van der Waals surface area contributed by atoms with E-state index in [2.05, 4.69) is 28.2 Å². The number of tetrazole rings is 1. The zero-order valence-corrected chi connectivity index (χ0v) is 7.41. The molecule has 0 amide bonds. The Hall–Kier alpha value is -0.620. The monoisotopic (exact) mass is 173 g/mol. The smallest absolute Gasteiger partial charge is 0.208 e. The molecule has 0 saturated carbocycles. The highest BCUT2D eigenvalue weighted by Crippen LogP contribution is 2.13. The second-order valence-electron chi connectivity index (χ2n) is 2.60. The average molecular weight is 173 g/mol. The van der Waals surface area contributed by atoms with E-state index in [0.717, 1.165) is 6.42 Å². The van der Waals surface area contributed by atoms with Gasteiger partial charge in [-0.2, -0.15) is 0 Å². The van der Waals surface area contributed by atoms with Crippen LogP contribution in [0.15, 0.2) is 5.16 Å². The summed E-state index contributed by atoms with van der Waals surface area (Å²) in [6.45, 7) is 3.82. The maximum absolute atomic E-state index is 5.85. The SMILES string of the molecule is CCC(C)(N)n1nnnc1S. The summed E-state index contributed by atoms with van der Waals surface area (Å²) < 4.78 is 1.50. The molecule has 0 spiro atoms. The molecule has 0 aromatic carbocycles. The first-order valence-electron chi connectivity index (χ1n) is 3.34. The number of rotatable bonds is 2. The van der Waals surface area contributed by atoms with Gasteiger partial charge < -0.3 is 5.73 Å². The summed E-state index contributed by atoms with van der Waals surface area (Å²) in [7, 11) is 0. The molecule has 1 atom stereocenters. The van der Waals surface area contributed by atoms with Crippen LogP contribution in [0.5, 0.6) is 0 Å². The maximum atomic E-state index is 5.85. The quantitative estimate of drug-likeness (QED) is 0.618. The van der Waals surface area contributed by atoms with Gasteiger partial charge >= 0.3 is 0 Å². The fourth-order valence-corrected chi connectivity index (χ4v) is 0.971. The molecule has 62 valence electrons. The van der Waals surface area contributed by atoms with Crippen molar-refractivity contribution in [3.63, 3.8) is 0 Å². The number of hydrogen-bond donors (Lipinski definition) is 2. The molecule has 0 fully saturated rings. The lowest BCUT2D eigenvalue weighted by atomic mass is 10.2. The molecule has 0 aliphatic carbocycles. The van der Waals surface area contributed by atoms with Gasteiger partial charge in [-0.15, -0.1) is 17.7 Å². The molecule has 1 rings (SSSR count). The minimum Gasteiger partial charge on any atom is -0.307 e. The van der Waals surface area contributed by atoms with Gasteiger partial charge in [0.1, 0.15) is 5.66 Å². The minimum atomic E-state index is -0.541. The first-order valence-corrected chi connectivity index (χ1v) is 3.79. The summed E-state index contributed by atoms with van der Waals surface area (Å²) in [6, 6.07) is 0. The second-order valence-corrected chi connectivity index (χ2v) is 3.00. The van der Waals surface area contributed by atoms with Crippen molar-refractivity contribution < 1.29 is 0 Å². The highest BCUT2D eigenvalue weighted by molar-refractivity contribution is 7.80. The normalized spacial score (nSPS) is 16.4. The van der Waals surface area contributed by atoms with Gasteiger partial charge in [0.05, 0.1) is 0 Å². The molecule has 0 aliphatic rings. The van der Waals surface area contributed by atoms with Crippen LogP contribution < -0.4 is 5.73 Å². The molecule has 0 bridgehead atoms. The fraction of sp³-hybridized carbons (Fsp3) is 0.800. The lowest BCUT2D eigenvalue weighted by Gasteiger charge is -2.22. The lowest BCUT2D eigenvalue weighted by molar-refractivity contribution is 0.260. The van der Waals surface area contributed by atoms with E-state index in [-0.39, 0.29) is 0 Å². The summed E-state index contributed by atoms with van der Waals surface area (Å²) in [5.41, 5.74) is 5.31. The zero-order valence-electron chi connectivity index (χ0n) is 6.52. The Morgan fingerprint density at radius 1 is 1.73 bits per heavy atom. The number of hydrogen-bond acceptors (Lipinski definition) is 5. The van der Waals surface area contributed by atoms with Crippen LogP contribution in [0.2, 0.25) is 0 Å². The highest BCUT2D eigenvalue weighted by Gasteiger charge is 2.21. The van der Waals surface area contributed by atoms with Gasteiger partial charge in [-0.25, -0.2) is 4.68 Å². The Balaban J connectivity index is 3.00. The molecule has 1 unspecified atom stereocenters. The van der Waals surface area contributed by atoms with E-state index in [4.69, 9.17) is 5.73 Å². The first kappa shape index (κ1) is 8.48. The van der Waals surface area contributed by atoms with Crippen molar-refractivity contribution in [2.45, 2.75) is 31.1 Å². The fourth-order valence-electron chi connectivity index (χ4n) is 0.663. The molecular formula is C5H11N5S. The number of nitrogens with two attached hydrogens (primary N) is 1. The molecule has 11 heavy (non-hydrogen) atoms. The third kappa shape index (κ3) is 1.51. The first-order chi connectivity index (χ1) is 5.08. The highest BCUT2D eigenvalue weighted by atomic mass is 32.1. The zero-order chi connectivity index (χ0) is 8.48. The van der Waals surface area contributed by atoms with Gasteiger partial charge in [-0.1, -0.05) is 6.92 Å². The van der Waals surface area contributed by atoms with E-state index < -0.39 is 5.66 Å². The number of thiol groups is 1. The molecule has 1 aromatic rings. The van der Waals surface area contributed by atoms with Crippen molar-refractivity contribution in [3.8, 4) is 0 Å². The molecule has 0 aliphatic heterocycles. The van der Waals surface area contributed by atoms with Gasteiger partial charge in [0.15, 0.2) is 0 Å². The Labute approximate surface area is 70.4 Å². The van der Waals surface area contributed by atoms with E-state index in [1.807, 2.05) is 13.8 Å². The van der Waals surface area contributed by atoms with Crippen molar-refractivity contribution in [1.29, 1.82) is 0 Å². The molecular weight excluding hydrogens is 162 g/mol. The van der Waals surface area contributed by atoms with Crippen LogP contribution >= 0.6 is 12.6 Å². The minimum absolute atomic E-state index is 0.442. The van der Waals surface area contributed by atoms with E-state index >= 15 is 0 Å². The molecule has 6 heteroatoms. The van der Waals surface area contributed by atoms with Crippen LogP contribution in [0.25, 0.3) is 0 Å². The Bertz CT molecular complexity index is 243.